The minimum atomic E-state index is -0.660. The summed E-state index contributed by atoms with van der Waals surface area (Å²) in [4.78, 5) is 45.7. The summed E-state index contributed by atoms with van der Waals surface area (Å²) in [6.07, 6.45) is 1.29. The van der Waals surface area contributed by atoms with Gasteiger partial charge in [0.15, 0.2) is 5.13 Å². The Labute approximate surface area is 302 Å². The van der Waals surface area contributed by atoms with E-state index in [1.807, 2.05) is 66.0 Å². The van der Waals surface area contributed by atoms with Crippen LogP contribution in [0.25, 0.3) is 17.3 Å². The molecule has 0 saturated carbocycles. The Balaban J connectivity index is 1.20. The molecule has 1 heterocycles. The molecule has 6 aromatic rings. The summed E-state index contributed by atoms with van der Waals surface area (Å²) in [6, 6.07) is 38.3. The van der Waals surface area contributed by atoms with Gasteiger partial charge in [-0.05, 0) is 72.3 Å². The van der Waals surface area contributed by atoms with Crippen molar-refractivity contribution in [2.45, 2.75) is 10.1 Å². The third-order valence-corrected chi connectivity index (χ3v) is 9.55. The van der Waals surface area contributed by atoms with Crippen molar-refractivity contribution in [1.82, 2.24) is 10.3 Å². The molecule has 1 atom stereocenters. The Bertz CT molecular complexity index is 2170. The minimum absolute atomic E-state index is 0.133. The molecule has 51 heavy (non-hydrogen) atoms. The summed E-state index contributed by atoms with van der Waals surface area (Å²) >= 11 is 2.63. The number of carbonyl (C=O) groups excluding carboxylic acids is 3. The van der Waals surface area contributed by atoms with Crippen molar-refractivity contribution in [3.05, 3.63) is 167 Å². The van der Waals surface area contributed by atoms with E-state index in [1.165, 1.54) is 47.4 Å². The van der Waals surface area contributed by atoms with Crippen LogP contribution in [-0.4, -0.2) is 29.8 Å². The van der Waals surface area contributed by atoms with Gasteiger partial charge in [0.25, 0.3) is 11.8 Å². The van der Waals surface area contributed by atoms with Gasteiger partial charge in [-0.2, -0.15) is 0 Å². The highest BCUT2D eigenvalue weighted by Gasteiger charge is 2.24. The van der Waals surface area contributed by atoms with Gasteiger partial charge in [-0.15, -0.1) is 23.1 Å². The molecule has 1 unspecified atom stereocenters. The minimum Gasteiger partial charge on any atom is -0.497 e. The molecule has 3 N–H and O–H groups in total. The number of rotatable bonds is 12. The number of benzene rings is 5. The van der Waals surface area contributed by atoms with Crippen LogP contribution in [0.1, 0.15) is 26.7 Å². The normalized spacial score (nSPS) is 11.7. The van der Waals surface area contributed by atoms with E-state index in [4.69, 9.17) is 4.74 Å². The second kappa shape index (κ2) is 16.6. The van der Waals surface area contributed by atoms with Crippen LogP contribution >= 0.6 is 23.1 Å². The molecule has 3 amide bonds. The van der Waals surface area contributed by atoms with Crippen LogP contribution < -0.4 is 20.7 Å². The molecule has 0 spiro atoms. The van der Waals surface area contributed by atoms with E-state index >= 15 is 0 Å². The lowest BCUT2D eigenvalue weighted by Crippen LogP contribution is -2.30. The predicted octanol–water partition coefficient (Wildman–Crippen LogP) is 8.84. The summed E-state index contributed by atoms with van der Waals surface area (Å²) in [7, 11) is 1.61. The quantitative estimate of drug-likeness (QED) is 0.0864. The molecule has 0 aliphatic carbocycles. The zero-order chi connectivity index (χ0) is 35.6. The second-order valence-corrected chi connectivity index (χ2v) is 13.1. The number of nitrogens with zero attached hydrogens (tertiary/aromatic N) is 1. The van der Waals surface area contributed by atoms with E-state index in [2.05, 4.69) is 20.9 Å². The van der Waals surface area contributed by atoms with E-state index in [0.717, 1.165) is 22.6 Å². The molecule has 0 radical (unpaired) electrons. The van der Waals surface area contributed by atoms with Gasteiger partial charge in [0.1, 0.15) is 22.5 Å². The van der Waals surface area contributed by atoms with Crippen LogP contribution in [-0.2, 0) is 9.59 Å². The van der Waals surface area contributed by atoms with Crippen molar-refractivity contribution in [3.8, 4) is 17.0 Å². The standard InChI is InChI=1S/C40H31FN4O4S2/c1-49-31-21-19-26(20-22-31)35-25-50-40(44-35)45-39(48)36(27-11-4-2-5-12-27)51-32-17-10-16-30(24-32)42-38(47)34(23-29-15-8-9-18-33(29)41)43-37(46)28-13-6-3-7-14-28/h2-25,36H,1H3,(H,42,47)(H,43,46)(H,44,45,48)/b34-23-. The molecule has 5 aromatic carbocycles. The summed E-state index contributed by atoms with van der Waals surface area (Å²) in [5, 5.41) is 10.1. The average molecular weight is 715 g/mol. The van der Waals surface area contributed by atoms with E-state index in [0.29, 0.717) is 21.3 Å². The smallest absolute Gasteiger partial charge is 0.272 e. The van der Waals surface area contributed by atoms with E-state index in [9.17, 15) is 18.8 Å². The lowest BCUT2D eigenvalue weighted by Gasteiger charge is -2.17. The van der Waals surface area contributed by atoms with Crippen LogP contribution in [0, 0.1) is 5.82 Å². The molecule has 254 valence electrons. The number of methoxy groups -OCH3 is 1. The highest BCUT2D eigenvalue weighted by Crippen LogP contribution is 2.38. The Kier molecular flexibility index (Phi) is 11.3. The van der Waals surface area contributed by atoms with Gasteiger partial charge < -0.3 is 20.7 Å². The number of hydrogen-bond acceptors (Lipinski definition) is 7. The lowest BCUT2D eigenvalue weighted by atomic mass is 10.1. The Hall–Kier alpha value is -6.04. The first-order valence-electron chi connectivity index (χ1n) is 15.7. The Morgan fingerprint density at radius 2 is 1.53 bits per heavy atom. The molecular formula is C40H31FN4O4S2. The summed E-state index contributed by atoms with van der Waals surface area (Å²) < 4.78 is 19.8. The Morgan fingerprint density at radius 1 is 0.824 bits per heavy atom. The monoisotopic (exact) mass is 714 g/mol. The number of anilines is 2. The number of carbonyl (C=O) groups is 3. The van der Waals surface area contributed by atoms with Crippen molar-refractivity contribution in [1.29, 1.82) is 0 Å². The summed E-state index contributed by atoms with van der Waals surface area (Å²) in [6.45, 7) is 0. The number of thioether (sulfide) groups is 1. The molecule has 0 aliphatic heterocycles. The molecule has 0 saturated heterocycles. The van der Waals surface area contributed by atoms with Gasteiger partial charge in [0.05, 0.1) is 12.8 Å². The molecule has 0 bridgehead atoms. The SMILES string of the molecule is COc1ccc(-c2csc(NC(=O)C(Sc3cccc(NC(=O)/C(=C/c4ccccc4F)NC(=O)c4ccccc4)c3)c3ccccc3)n2)cc1. The van der Waals surface area contributed by atoms with Gasteiger partial charge in [0.2, 0.25) is 5.91 Å². The fraction of sp³-hybridized carbons (Fsp3) is 0.0500. The highest BCUT2D eigenvalue weighted by molar-refractivity contribution is 8.00. The van der Waals surface area contributed by atoms with Crippen LogP contribution in [0.3, 0.4) is 0 Å². The van der Waals surface area contributed by atoms with Gasteiger partial charge in [-0.1, -0.05) is 72.8 Å². The van der Waals surface area contributed by atoms with Crippen molar-refractivity contribution >= 4 is 57.7 Å². The first kappa shape index (κ1) is 34.8. The second-order valence-electron chi connectivity index (χ2n) is 11.0. The molecule has 8 nitrogen and oxygen atoms in total. The number of thiazole rings is 1. The van der Waals surface area contributed by atoms with Gasteiger partial charge in [0, 0.05) is 32.7 Å². The zero-order valence-corrected chi connectivity index (χ0v) is 28.8. The van der Waals surface area contributed by atoms with E-state index in [1.54, 1.807) is 61.7 Å². The first-order chi connectivity index (χ1) is 24.9. The number of hydrogen-bond donors (Lipinski definition) is 3. The maximum absolute atomic E-state index is 14.6. The largest absolute Gasteiger partial charge is 0.497 e. The lowest BCUT2D eigenvalue weighted by molar-refractivity contribution is -0.116. The highest BCUT2D eigenvalue weighted by atomic mass is 32.2. The average Bonchev–Trinajstić information content (AvgIpc) is 3.63. The van der Waals surface area contributed by atoms with Gasteiger partial charge in [-0.25, -0.2) is 9.37 Å². The number of ether oxygens (including phenoxy) is 1. The topological polar surface area (TPSA) is 109 Å². The van der Waals surface area contributed by atoms with Crippen LogP contribution in [0.15, 0.2) is 149 Å². The van der Waals surface area contributed by atoms with Crippen molar-refractivity contribution in [2.24, 2.45) is 0 Å². The summed E-state index contributed by atoms with van der Waals surface area (Å²) in [5.41, 5.74) is 3.14. The molecule has 1 aromatic heterocycles. The van der Waals surface area contributed by atoms with E-state index < -0.39 is 22.9 Å². The number of amides is 3. The zero-order valence-electron chi connectivity index (χ0n) is 27.2. The van der Waals surface area contributed by atoms with Crippen LogP contribution in [0.5, 0.6) is 5.75 Å². The van der Waals surface area contributed by atoms with Gasteiger partial charge >= 0.3 is 0 Å². The predicted molar refractivity (Wildman–Crippen MR) is 201 cm³/mol. The summed E-state index contributed by atoms with van der Waals surface area (Å²) in [5.74, 6) is -1.25. The number of halogens is 1. The van der Waals surface area contributed by atoms with Gasteiger partial charge in [-0.3, -0.25) is 14.4 Å². The van der Waals surface area contributed by atoms with Crippen LogP contribution in [0.4, 0.5) is 15.2 Å². The third-order valence-electron chi connectivity index (χ3n) is 7.54. The fourth-order valence-electron chi connectivity index (χ4n) is 4.97. The fourth-order valence-corrected chi connectivity index (χ4v) is 6.78. The maximum atomic E-state index is 14.6. The molecule has 11 heteroatoms. The maximum Gasteiger partial charge on any atom is 0.272 e. The first-order valence-corrected chi connectivity index (χ1v) is 17.5. The molecular weight excluding hydrogens is 684 g/mol. The number of nitrogens with one attached hydrogen (secondary N) is 3. The van der Waals surface area contributed by atoms with Crippen molar-refractivity contribution in [2.75, 3.05) is 17.7 Å². The Morgan fingerprint density at radius 3 is 2.25 bits per heavy atom. The van der Waals surface area contributed by atoms with Crippen LogP contribution in [0.2, 0.25) is 0 Å². The molecule has 6 rings (SSSR count). The van der Waals surface area contributed by atoms with Crippen molar-refractivity contribution in [3.63, 3.8) is 0 Å². The number of aromatic nitrogens is 1. The molecule has 0 fully saturated rings. The van der Waals surface area contributed by atoms with E-state index in [-0.39, 0.29) is 17.2 Å². The third kappa shape index (κ3) is 9.15. The van der Waals surface area contributed by atoms with Crippen molar-refractivity contribution < 1.29 is 23.5 Å². The molecule has 0 aliphatic rings.